The number of nitrogens with one attached hydrogen (secondary N) is 1. The lowest BCUT2D eigenvalue weighted by Crippen LogP contribution is -2.32. The van der Waals surface area contributed by atoms with Gasteiger partial charge in [0.25, 0.3) is 0 Å². The average molecular weight is 314 g/mol. The molecule has 0 fully saturated rings. The predicted molar refractivity (Wildman–Crippen MR) is 99.8 cm³/mol. The zero-order chi connectivity index (χ0) is 15.5. The molecule has 0 atom stereocenters. The first kappa shape index (κ1) is 16.9. The third-order valence-electron chi connectivity index (χ3n) is 3.60. The van der Waals surface area contributed by atoms with Crippen molar-refractivity contribution >= 4 is 17.4 Å². The van der Waals surface area contributed by atoms with Gasteiger partial charge in [0.05, 0.1) is 0 Å². The van der Waals surface area contributed by atoms with Gasteiger partial charge in [0.15, 0.2) is 0 Å². The molecule has 0 aliphatic carbocycles. The number of anilines is 1. The standard InChI is InChI=1S/C19H26N2S/c1-2-21(19-11-7-4-8-12-19)15-13-20-14-16-22-17-18-9-5-3-6-10-18/h3-12,20H,2,13-17H2,1H3. The monoisotopic (exact) mass is 314 g/mol. The van der Waals surface area contributed by atoms with Crippen LogP contribution in [-0.4, -0.2) is 31.9 Å². The fourth-order valence-corrected chi connectivity index (χ4v) is 3.22. The van der Waals surface area contributed by atoms with E-state index in [1.807, 2.05) is 11.8 Å². The van der Waals surface area contributed by atoms with Crippen LogP contribution in [0.15, 0.2) is 60.7 Å². The molecule has 0 heterocycles. The highest BCUT2D eigenvalue weighted by molar-refractivity contribution is 7.98. The predicted octanol–water partition coefficient (Wildman–Crippen LogP) is 4.04. The number of hydrogen-bond donors (Lipinski definition) is 1. The number of hydrogen-bond acceptors (Lipinski definition) is 3. The highest BCUT2D eigenvalue weighted by Crippen LogP contribution is 2.12. The molecule has 0 radical (unpaired) electrons. The molecule has 0 saturated heterocycles. The molecular formula is C19H26N2S. The summed E-state index contributed by atoms with van der Waals surface area (Å²) in [5.41, 5.74) is 2.72. The van der Waals surface area contributed by atoms with E-state index in [1.165, 1.54) is 11.3 Å². The smallest absolute Gasteiger partial charge is 0.0366 e. The molecule has 0 aromatic heterocycles. The van der Waals surface area contributed by atoms with Gasteiger partial charge in [-0.25, -0.2) is 0 Å². The summed E-state index contributed by atoms with van der Waals surface area (Å²) >= 11 is 1.99. The molecule has 0 aliphatic rings. The zero-order valence-corrected chi connectivity index (χ0v) is 14.2. The topological polar surface area (TPSA) is 15.3 Å². The van der Waals surface area contributed by atoms with Crippen molar-refractivity contribution in [2.45, 2.75) is 12.7 Å². The van der Waals surface area contributed by atoms with Crippen LogP contribution < -0.4 is 10.2 Å². The van der Waals surface area contributed by atoms with Crippen LogP contribution >= 0.6 is 11.8 Å². The largest absolute Gasteiger partial charge is 0.371 e. The van der Waals surface area contributed by atoms with E-state index in [9.17, 15) is 0 Å². The Bertz CT molecular complexity index is 501. The van der Waals surface area contributed by atoms with E-state index in [0.29, 0.717) is 0 Å². The van der Waals surface area contributed by atoms with Gasteiger partial charge in [0.1, 0.15) is 0 Å². The molecule has 0 spiro atoms. The molecule has 2 nitrogen and oxygen atoms in total. The maximum atomic E-state index is 3.54. The van der Waals surface area contributed by atoms with Crippen LogP contribution in [0.3, 0.4) is 0 Å². The molecule has 2 aromatic carbocycles. The second-order valence-electron chi connectivity index (χ2n) is 5.20. The minimum atomic E-state index is 1.04. The van der Waals surface area contributed by atoms with E-state index in [2.05, 4.69) is 77.8 Å². The Labute approximate surface area is 138 Å². The molecule has 0 unspecified atom stereocenters. The Kier molecular flexibility index (Phi) is 7.92. The maximum Gasteiger partial charge on any atom is 0.0366 e. The molecule has 0 aliphatic heterocycles. The fourth-order valence-electron chi connectivity index (χ4n) is 2.36. The summed E-state index contributed by atoms with van der Waals surface area (Å²) in [6.45, 7) is 6.43. The third-order valence-corrected chi connectivity index (χ3v) is 4.63. The van der Waals surface area contributed by atoms with Crippen molar-refractivity contribution in [3.63, 3.8) is 0 Å². The van der Waals surface area contributed by atoms with E-state index in [-0.39, 0.29) is 0 Å². The highest BCUT2D eigenvalue weighted by Gasteiger charge is 2.02. The van der Waals surface area contributed by atoms with Crippen molar-refractivity contribution in [3.05, 3.63) is 66.2 Å². The van der Waals surface area contributed by atoms with Crippen LogP contribution in [0.4, 0.5) is 5.69 Å². The summed E-state index contributed by atoms with van der Waals surface area (Å²) in [6.07, 6.45) is 0. The van der Waals surface area contributed by atoms with Crippen molar-refractivity contribution in [1.29, 1.82) is 0 Å². The first-order valence-electron chi connectivity index (χ1n) is 8.02. The summed E-state index contributed by atoms with van der Waals surface area (Å²) in [5, 5.41) is 3.54. The molecule has 0 bridgehead atoms. The molecule has 118 valence electrons. The van der Waals surface area contributed by atoms with E-state index in [0.717, 1.165) is 37.7 Å². The van der Waals surface area contributed by atoms with Crippen LogP contribution in [0.5, 0.6) is 0 Å². The minimum Gasteiger partial charge on any atom is -0.371 e. The zero-order valence-electron chi connectivity index (χ0n) is 13.4. The van der Waals surface area contributed by atoms with Crippen LogP contribution in [-0.2, 0) is 5.75 Å². The van der Waals surface area contributed by atoms with Crippen LogP contribution in [0.2, 0.25) is 0 Å². The average Bonchev–Trinajstić information content (AvgIpc) is 2.59. The molecule has 22 heavy (non-hydrogen) atoms. The highest BCUT2D eigenvalue weighted by atomic mass is 32.2. The lowest BCUT2D eigenvalue weighted by Gasteiger charge is -2.23. The molecule has 2 rings (SSSR count). The van der Waals surface area contributed by atoms with Crippen molar-refractivity contribution in [2.24, 2.45) is 0 Å². The summed E-state index contributed by atoms with van der Waals surface area (Å²) in [4.78, 5) is 2.41. The Hall–Kier alpha value is -1.45. The van der Waals surface area contributed by atoms with Gasteiger partial charge < -0.3 is 10.2 Å². The summed E-state index contributed by atoms with van der Waals surface area (Å²) < 4.78 is 0. The molecule has 1 N–H and O–H groups in total. The van der Waals surface area contributed by atoms with Gasteiger partial charge in [-0.15, -0.1) is 0 Å². The van der Waals surface area contributed by atoms with Crippen molar-refractivity contribution in [2.75, 3.05) is 36.8 Å². The molecular weight excluding hydrogens is 288 g/mol. The number of benzene rings is 2. The van der Waals surface area contributed by atoms with Crippen LogP contribution in [0.25, 0.3) is 0 Å². The lowest BCUT2D eigenvalue weighted by molar-refractivity contribution is 0.691. The molecule has 0 amide bonds. The number of para-hydroxylation sites is 1. The van der Waals surface area contributed by atoms with Crippen molar-refractivity contribution < 1.29 is 0 Å². The van der Waals surface area contributed by atoms with Gasteiger partial charge in [0, 0.05) is 43.4 Å². The second-order valence-corrected chi connectivity index (χ2v) is 6.31. The summed E-state index contributed by atoms with van der Waals surface area (Å²) in [5.74, 6) is 2.26. The lowest BCUT2D eigenvalue weighted by atomic mass is 10.2. The van der Waals surface area contributed by atoms with Gasteiger partial charge >= 0.3 is 0 Å². The first-order chi connectivity index (χ1) is 10.9. The Balaban J connectivity index is 1.55. The number of nitrogens with zero attached hydrogens (tertiary/aromatic N) is 1. The molecule has 3 heteroatoms. The van der Waals surface area contributed by atoms with Crippen molar-refractivity contribution in [1.82, 2.24) is 5.32 Å². The Morgan fingerprint density at radius 1 is 0.909 bits per heavy atom. The SMILES string of the molecule is CCN(CCNCCSCc1ccccc1)c1ccccc1. The third kappa shape index (κ3) is 6.12. The van der Waals surface area contributed by atoms with Crippen molar-refractivity contribution in [3.8, 4) is 0 Å². The minimum absolute atomic E-state index is 1.04. The summed E-state index contributed by atoms with van der Waals surface area (Å²) in [6, 6.07) is 21.3. The Morgan fingerprint density at radius 2 is 1.59 bits per heavy atom. The molecule has 0 saturated carbocycles. The van der Waals surface area contributed by atoms with Crippen LogP contribution in [0.1, 0.15) is 12.5 Å². The summed E-state index contributed by atoms with van der Waals surface area (Å²) in [7, 11) is 0. The number of likely N-dealkylation sites (N-methyl/N-ethyl adjacent to an activating group) is 1. The Morgan fingerprint density at radius 3 is 2.27 bits per heavy atom. The second kappa shape index (κ2) is 10.3. The van der Waals surface area contributed by atoms with E-state index < -0.39 is 0 Å². The van der Waals surface area contributed by atoms with E-state index in [4.69, 9.17) is 0 Å². The van der Waals surface area contributed by atoms with Gasteiger partial charge in [0.2, 0.25) is 0 Å². The van der Waals surface area contributed by atoms with Gasteiger partial charge in [-0.05, 0) is 24.6 Å². The van der Waals surface area contributed by atoms with E-state index in [1.54, 1.807) is 0 Å². The van der Waals surface area contributed by atoms with E-state index >= 15 is 0 Å². The van der Waals surface area contributed by atoms with Gasteiger partial charge in [-0.2, -0.15) is 11.8 Å². The van der Waals surface area contributed by atoms with Crippen LogP contribution in [0, 0.1) is 0 Å². The normalized spacial score (nSPS) is 10.6. The maximum absolute atomic E-state index is 3.54. The quantitative estimate of drug-likeness (QED) is 0.666. The van der Waals surface area contributed by atoms with Gasteiger partial charge in [-0.3, -0.25) is 0 Å². The fraction of sp³-hybridized carbons (Fsp3) is 0.368. The molecule has 2 aromatic rings. The number of thioether (sulfide) groups is 1. The number of rotatable bonds is 10. The van der Waals surface area contributed by atoms with Gasteiger partial charge in [-0.1, -0.05) is 48.5 Å². The first-order valence-corrected chi connectivity index (χ1v) is 9.18.